The predicted octanol–water partition coefficient (Wildman–Crippen LogP) is 3.97. The number of hydrogen-bond donors (Lipinski definition) is 3. The van der Waals surface area contributed by atoms with Gasteiger partial charge in [-0.15, -0.1) is 0 Å². The van der Waals surface area contributed by atoms with Crippen molar-refractivity contribution < 1.29 is 9.63 Å². The third-order valence-corrected chi connectivity index (χ3v) is 4.69. The number of hydroxylamine groups is 1. The summed E-state index contributed by atoms with van der Waals surface area (Å²) in [5, 5.41) is 8.24. The molecule has 5 rings (SSSR count). The first-order valence-corrected chi connectivity index (χ1v) is 9.17. The van der Waals surface area contributed by atoms with Crippen molar-refractivity contribution in [1.29, 1.82) is 0 Å². The number of aromatic nitrogens is 4. The standard InChI is InChI=1S/C22H17N5O2/c28-22(27-29-13-14-6-2-1-3-7-14)15-10-11-16-19(12-15)25-26-20(16)21-23-17-8-4-5-9-18(17)24-21/h1-12H,13H2,(H,23,24)(H,25,26)(H,27,28). The number of hydrogen-bond acceptors (Lipinski definition) is 4. The molecule has 0 fully saturated rings. The Bertz CT molecular complexity index is 1270. The minimum atomic E-state index is -0.317. The lowest BCUT2D eigenvalue weighted by atomic mass is 10.1. The van der Waals surface area contributed by atoms with E-state index >= 15 is 0 Å². The van der Waals surface area contributed by atoms with Crippen molar-refractivity contribution in [2.75, 3.05) is 0 Å². The topological polar surface area (TPSA) is 95.7 Å². The zero-order valence-electron chi connectivity index (χ0n) is 15.3. The van der Waals surface area contributed by atoms with Gasteiger partial charge in [-0.3, -0.25) is 14.7 Å². The molecule has 0 radical (unpaired) electrons. The Balaban J connectivity index is 1.35. The van der Waals surface area contributed by atoms with Gasteiger partial charge in [0.1, 0.15) is 5.69 Å². The summed E-state index contributed by atoms with van der Waals surface area (Å²) in [4.78, 5) is 25.6. The maximum atomic E-state index is 12.4. The van der Waals surface area contributed by atoms with Crippen LogP contribution in [0.25, 0.3) is 33.5 Å². The fourth-order valence-corrected chi connectivity index (χ4v) is 3.22. The molecule has 0 spiro atoms. The average Bonchev–Trinajstić information content (AvgIpc) is 3.37. The number of benzene rings is 3. The SMILES string of the molecule is O=C(NOCc1ccccc1)c1ccc2c(-c3nc4ccccc4[nH]3)n[nH]c2c1. The first kappa shape index (κ1) is 17.2. The van der Waals surface area contributed by atoms with E-state index in [1.807, 2.05) is 60.7 Å². The van der Waals surface area contributed by atoms with Crippen molar-refractivity contribution >= 4 is 27.8 Å². The number of carbonyl (C=O) groups excluding carboxylic acids is 1. The fraction of sp³-hybridized carbons (Fsp3) is 0.0455. The molecule has 7 heteroatoms. The Morgan fingerprint density at radius 1 is 0.966 bits per heavy atom. The molecule has 0 aliphatic carbocycles. The number of nitrogens with zero attached hydrogens (tertiary/aromatic N) is 2. The van der Waals surface area contributed by atoms with Crippen LogP contribution in [0.1, 0.15) is 15.9 Å². The molecule has 29 heavy (non-hydrogen) atoms. The second-order valence-electron chi connectivity index (χ2n) is 6.64. The number of carbonyl (C=O) groups is 1. The highest BCUT2D eigenvalue weighted by Gasteiger charge is 2.14. The maximum Gasteiger partial charge on any atom is 0.274 e. The lowest BCUT2D eigenvalue weighted by molar-refractivity contribution is 0.0233. The van der Waals surface area contributed by atoms with Crippen LogP contribution >= 0.6 is 0 Å². The highest BCUT2D eigenvalue weighted by Crippen LogP contribution is 2.26. The number of H-pyrrole nitrogens is 2. The van der Waals surface area contributed by atoms with Gasteiger partial charge in [-0.2, -0.15) is 5.10 Å². The van der Waals surface area contributed by atoms with Crippen LogP contribution in [-0.4, -0.2) is 26.1 Å². The summed E-state index contributed by atoms with van der Waals surface area (Å²) >= 11 is 0. The smallest absolute Gasteiger partial charge is 0.274 e. The van der Waals surface area contributed by atoms with Gasteiger partial charge in [0.25, 0.3) is 5.91 Å². The lowest BCUT2D eigenvalue weighted by Crippen LogP contribution is -2.23. The van der Waals surface area contributed by atoms with E-state index in [9.17, 15) is 4.79 Å². The largest absolute Gasteiger partial charge is 0.337 e. The van der Waals surface area contributed by atoms with E-state index in [1.165, 1.54) is 0 Å². The van der Waals surface area contributed by atoms with Gasteiger partial charge < -0.3 is 4.98 Å². The molecule has 0 aliphatic heterocycles. The van der Waals surface area contributed by atoms with E-state index in [2.05, 4.69) is 25.6 Å². The molecular formula is C22H17N5O2. The molecule has 5 aromatic rings. The molecular weight excluding hydrogens is 366 g/mol. The number of aromatic amines is 2. The van der Waals surface area contributed by atoms with E-state index in [0.29, 0.717) is 23.7 Å². The van der Waals surface area contributed by atoms with Crippen molar-refractivity contribution in [1.82, 2.24) is 25.6 Å². The van der Waals surface area contributed by atoms with Gasteiger partial charge in [0.2, 0.25) is 0 Å². The van der Waals surface area contributed by atoms with Crippen molar-refractivity contribution in [3.05, 3.63) is 83.9 Å². The summed E-state index contributed by atoms with van der Waals surface area (Å²) in [6.07, 6.45) is 0. The lowest BCUT2D eigenvalue weighted by Gasteiger charge is -2.06. The minimum Gasteiger partial charge on any atom is -0.337 e. The van der Waals surface area contributed by atoms with Crippen LogP contribution in [0, 0.1) is 0 Å². The molecule has 0 bridgehead atoms. The number of imidazole rings is 1. The fourth-order valence-electron chi connectivity index (χ4n) is 3.22. The van der Waals surface area contributed by atoms with Crippen molar-refractivity contribution in [3.63, 3.8) is 0 Å². The highest BCUT2D eigenvalue weighted by atomic mass is 16.6. The van der Waals surface area contributed by atoms with Crippen molar-refractivity contribution in [2.45, 2.75) is 6.61 Å². The number of para-hydroxylation sites is 2. The molecule has 1 amide bonds. The minimum absolute atomic E-state index is 0.301. The zero-order chi connectivity index (χ0) is 19.6. The Hall–Kier alpha value is -3.97. The Morgan fingerprint density at radius 2 is 1.79 bits per heavy atom. The van der Waals surface area contributed by atoms with Gasteiger partial charge in [-0.25, -0.2) is 10.5 Å². The Kier molecular flexibility index (Phi) is 4.27. The molecule has 142 valence electrons. The molecule has 3 N–H and O–H groups in total. The summed E-state index contributed by atoms with van der Waals surface area (Å²) in [5.74, 6) is 0.364. The van der Waals surface area contributed by atoms with Crippen LogP contribution in [0.4, 0.5) is 0 Å². The number of amides is 1. The molecule has 2 aromatic heterocycles. The van der Waals surface area contributed by atoms with Gasteiger partial charge in [0.05, 0.1) is 23.2 Å². The summed E-state index contributed by atoms with van der Waals surface area (Å²) < 4.78 is 0. The molecule has 0 atom stereocenters. The molecule has 0 unspecified atom stereocenters. The van der Waals surface area contributed by atoms with Crippen LogP contribution in [-0.2, 0) is 11.4 Å². The normalized spacial score (nSPS) is 11.2. The van der Waals surface area contributed by atoms with E-state index in [0.717, 1.165) is 27.5 Å². The molecule has 0 aliphatic rings. The van der Waals surface area contributed by atoms with E-state index in [-0.39, 0.29) is 5.91 Å². The molecule has 0 saturated heterocycles. The molecule has 0 saturated carbocycles. The Morgan fingerprint density at radius 3 is 2.66 bits per heavy atom. The van der Waals surface area contributed by atoms with E-state index in [1.54, 1.807) is 12.1 Å². The highest BCUT2D eigenvalue weighted by molar-refractivity contribution is 6.00. The van der Waals surface area contributed by atoms with E-state index in [4.69, 9.17) is 4.84 Å². The summed E-state index contributed by atoms with van der Waals surface area (Å²) in [6, 6.07) is 22.8. The van der Waals surface area contributed by atoms with Gasteiger partial charge >= 0.3 is 0 Å². The van der Waals surface area contributed by atoms with Gasteiger partial charge in [0, 0.05) is 10.9 Å². The van der Waals surface area contributed by atoms with Crippen LogP contribution in [0.5, 0.6) is 0 Å². The summed E-state index contributed by atoms with van der Waals surface area (Å²) in [7, 11) is 0. The maximum absolute atomic E-state index is 12.4. The van der Waals surface area contributed by atoms with Crippen LogP contribution in [0.2, 0.25) is 0 Å². The van der Waals surface area contributed by atoms with Gasteiger partial charge in [0.15, 0.2) is 5.82 Å². The number of rotatable bonds is 5. The molecule has 2 heterocycles. The summed E-state index contributed by atoms with van der Waals surface area (Å²) in [6.45, 7) is 0.301. The summed E-state index contributed by atoms with van der Waals surface area (Å²) in [5.41, 5.74) is 7.22. The molecule has 7 nitrogen and oxygen atoms in total. The van der Waals surface area contributed by atoms with Crippen LogP contribution < -0.4 is 5.48 Å². The average molecular weight is 383 g/mol. The monoisotopic (exact) mass is 383 g/mol. The second-order valence-corrected chi connectivity index (χ2v) is 6.64. The van der Waals surface area contributed by atoms with Gasteiger partial charge in [-0.05, 0) is 35.9 Å². The van der Waals surface area contributed by atoms with Crippen molar-refractivity contribution in [2.24, 2.45) is 0 Å². The number of fused-ring (bicyclic) bond motifs is 2. The number of nitrogens with one attached hydrogen (secondary N) is 3. The second kappa shape index (κ2) is 7.21. The van der Waals surface area contributed by atoms with Gasteiger partial charge in [-0.1, -0.05) is 42.5 Å². The first-order chi connectivity index (χ1) is 14.3. The third-order valence-electron chi connectivity index (χ3n) is 4.69. The first-order valence-electron chi connectivity index (χ1n) is 9.17. The molecule has 3 aromatic carbocycles. The Labute approximate surface area is 165 Å². The predicted molar refractivity (Wildman–Crippen MR) is 110 cm³/mol. The zero-order valence-corrected chi connectivity index (χ0v) is 15.3. The van der Waals surface area contributed by atoms with Crippen molar-refractivity contribution in [3.8, 4) is 11.5 Å². The van der Waals surface area contributed by atoms with E-state index < -0.39 is 0 Å². The quantitative estimate of drug-likeness (QED) is 0.400. The van der Waals surface area contributed by atoms with Crippen LogP contribution in [0.15, 0.2) is 72.8 Å². The third kappa shape index (κ3) is 3.35. The van der Waals surface area contributed by atoms with Crippen LogP contribution in [0.3, 0.4) is 0 Å².